The Kier molecular flexibility index (Phi) is 6.45. The number of fused-ring (bicyclic) bond motifs is 1. The summed E-state index contributed by atoms with van der Waals surface area (Å²) in [6, 6.07) is 10.3. The number of nitrogens with one attached hydrogen (secondary N) is 1. The molecular formula is C25H23F3N2O4. The number of nitrogens with zero attached hydrogens (tertiary/aromatic N) is 1. The van der Waals surface area contributed by atoms with Crippen LogP contribution in [0.1, 0.15) is 40.2 Å². The predicted molar refractivity (Wildman–Crippen MR) is 118 cm³/mol. The second kappa shape index (κ2) is 9.32. The molecule has 1 aliphatic carbocycles. The van der Waals surface area contributed by atoms with E-state index >= 15 is 0 Å². The molecular weight excluding hydrogens is 449 g/mol. The van der Waals surface area contributed by atoms with E-state index in [1.807, 2.05) is 18.2 Å². The van der Waals surface area contributed by atoms with E-state index in [4.69, 9.17) is 5.11 Å². The maximum absolute atomic E-state index is 12.6. The molecule has 6 nitrogen and oxygen atoms in total. The van der Waals surface area contributed by atoms with Gasteiger partial charge in [-0.2, -0.15) is 13.2 Å². The number of benzene rings is 2. The summed E-state index contributed by atoms with van der Waals surface area (Å²) in [6.45, 7) is 0.726. The van der Waals surface area contributed by atoms with Gasteiger partial charge in [0.25, 0.3) is 0 Å². The molecule has 1 fully saturated rings. The summed E-state index contributed by atoms with van der Waals surface area (Å²) >= 11 is 0. The molecule has 178 valence electrons. The number of amides is 2. The molecule has 2 aliphatic rings. The van der Waals surface area contributed by atoms with Gasteiger partial charge < -0.3 is 15.3 Å². The Morgan fingerprint density at radius 2 is 1.82 bits per heavy atom. The molecule has 0 radical (unpaired) electrons. The molecule has 4 rings (SSSR count). The number of carboxylic acids is 1. The van der Waals surface area contributed by atoms with Crippen molar-refractivity contribution in [2.75, 3.05) is 13.1 Å². The summed E-state index contributed by atoms with van der Waals surface area (Å²) in [6.07, 6.45) is -0.556. The molecule has 0 spiro atoms. The minimum absolute atomic E-state index is 0.0632. The number of halogens is 3. The second-order valence-corrected chi connectivity index (χ2v) is 8.55. The number of hydrogen-bond donors (Lipinski definition) is 2. The summed E-state index contributed by atoms with van der Waals surface area (Å²) in [7, 11) is 0. The molecule has 34 heavy (non-hydrogen) atoms. The monoisotopic (exact) mass is 472 g/mol. The summed E-state index contributed by atoms with van der Waals surface area (Å²) < 4.78 is 37.8. The average Bonchev–Trinajstić information content (AvgIpc) is 3.61. The van der Waals surface area contributed by atoms with Crippen molar-refractivity contribution in [1.82, 2.24) is 10.2 Å². The van der Waals surface area contributed by atoms with Crippen molar-refractivity contribution in [3.8, 4) is 0 Å². The van der Waals surface area contributed by atoms with Crippen LogP contribution < -0.4 is 5.32 Å². The second-order valence-electron chi connectivity index (χ2n) is 8.55. The summed E-state index contributed by atoms with van der Waals surface area (Å²) in [5.74, 6) is -1.77. The van der Waals surface area contributed by atoms with Crippen LogP contribution in [0.3, 0.4) is 0 Å². The van der Waals surface area contributed by atoms with Crippen molar-refractivity contribution in [3.63, 3.8) is 0 Å². The third kappa shape index (κ3) is 5.47. The van der Waals surface area contributed by atoms with E-state index in [0.29, 0.717) is 31.5 Å². The summed E-state index contributed by atoms with van der Waals surface area (Å²) in [5.41, 5.74) is 2.81. The van der Waals surface area contributed by atoms with Crippen LogP contribution in [-0.2, 0) is 33.5 Å². The number of carboxylic acid groups (broad SMARTS) is 1. The Bertz CT molecular complexity index is 1140. The highest BCUT2D eigenvalue weighted by Gasteiger charge is 2.44. The molecule has 2 aromatic rings. The predicted octanol–water partition coefficient (Wildman–Crippen LogP) is 3.61. The quantitative estimate of drug-likeness (QED) is 0.629. The van der Waals surface area contributed by atoms with Gasteiger partial charge in [0.1, 0.15) is 0 Å². The van der Waals surface area contributed by atoms with Crippen LogP contribution in [-0.4, -0.2) is 40.9 Å². The summed E-state index contributed by atoms with van der Waals surface area (Å²) in [4.78, 5) is 37.3. The zero-order valence-electron chi connectivity index (χ0n) is 18.1. The molecule has 0 saturated heterocycles. The minimum Gasteiger partial charge on any atom is -0.481 e. The van der Waals surface area contributed by atoms with Crippen molar-refractivity contribution in [2.45, 2.75) is 31.5 Å². The van der Waals surface area contributed by atoms with Crippen LogP contribution in [0.4, 0.5) is 13.2 Å². The van der Waals surface area contributed by atoms with Crippen molar-refractivity contribution < 1.29 is 32.7 Å². The molecule has 0 unspecified atom stereocenters. The van der Waals surface area contributed by atoms with Crippen LogP contribution in [0.2, 0.25) is 0 Å². The lowest BCUT2D eigenvalue weighted by molar-refractivity contribution is -0.139. The molecule has 2 amide bonds. The molecule has 0 aromatic heterocycles. The average molecular weight is 472 g/mol. The van der Waals surface area contributed by atoms with Gasteiger partial charge in [0.15, 0.2) is 0 Å². The van der Waals surface area contributed by atoms with E-state index in [0.717, 1.165) is 28.8 Å². The molecule has 1 aliphatic heterocycles. The maximum Gasteiger partial charge on any atom is 0.416 e. The van der Waals surface area contributed by atoms with Crippen LogP contribution in [0.25, 0.3) is 6.08 Å². The third-order valence-corrected chi connectivity index (χ3v) is 6.21. The van der Waals surface area contributed by atoms with Gasteiger partial charge in [-0.15, -0.1) is 0 Å². The van der Waals surface area contributed by atoms with Gasteiger partial charge in [0.05, 0.1) is 18.0 Å². The Morgan fingerprint density at radius 1 is 1.09 bits per heavy atom. The smallest absolute Gasteiger partial charge is 0.416 e. The highest BCUT2D eigenvalue weighted by molar-refractivity contribution is 5.94. The minimum atomic E-state index is -4.42. The van der Waals surface area contributed by atoms with Crippen LogP contribution in [0, 0.1) is 5.92 Å². The highest BCUT2D eigenvalue weighted by atomic mass is 19.4. The van der Waals surface area contributed by atoms with E-state index < -0.39 is 23.6 Å². The van der Waals surface area contributed by atoms with Gasteiger partial charge in [-0.3, -0.25) is 14.4 Å². The zero-order valence-corrected chi connectivity index (χ0v) is 18.1. The number of hydrogen-bond acceptors (Lipinski definition) is 3. The van der Waals surface area contributed by atoms with Gasteiger partial charge in [0, 0.05) is 19.2 Å². The SMILES string of the molecule is O=C(/C=C/c1ccc(C(F)(F)F)cc1)NCC(=O)N1CCc2cc([C@@H]3C[C@H]3C(=O)O)ccc2C1. The van der Waals surface area contributed by atoms with Gasteiger partial charge in [-0.25, -0.2) is 0 Å². The van der Waals surface area contributed by atoms with Crippen LogP contribution in [0.15, 0.2) is 48.5 Å². The molecule has 0 bridgehead atoms. The van der Waals surface area contributed by atoms with Gasteiger partial charge in [-0.05, 0) is 59.2 Å². The fraction of sp³-hybridized carbons (Fsp3) is 0.320. The van der Waals surface area contributed by atoms with Gasteiger partial charge in [-0.1, -0.05) is 30.3 Å². The highest BCUT2D eigenvalue weighted by Crippen LogP contribution is 2.48. The first-order valence-electron chi connectivity index (χ1n) is 10.9. The first-order valence-corrected chi connectivity index (χ1v) is 10.9. The lowest BCUT2D eigenvalue weighted by atomic mass is 9.95. The van der Waals surface area contributed by atoms with Crippen molar-refractivity contribution in [1.29, 1.82) is 0 Å². The molecule has 1 saturated carbocycles. The molecule has 2 N–H and O–H groups in total. The molecule has 9 heteroatoms. The van der Waals surface area contributed by atoms with Crippen LogP contribution >= 0.6 is 0 Å². The molecule has 2 aromatic carbocycles. The van der Waals surface area contributed by atoms with E-state index in [1.165, 1.54) is 24.3 Å². The van der Waals surface area contributed by atoms with E-state index in [-0.39, 0.29) is 24.3 Å². The zero-order chi connectivity index (χ0) is 24.5. The van der Waals surface area contributed by atoms with E-state index in [1.54, 1.807) is 4.90 Å². The number of alkyl halides is 3. The largest absolute Gasteiger partial charge is 0.481 e. The van der Waals surface area contributed by atoms with E-state index in [9.17, 15) is 27.6 Å². The fourth-order valence-electron chi connectivity index (χ4n) is 4.14. The fourth-order valence-corrected chi connectivity index (χ4v) is 4.14. The normalized spacial score (nSPS) is 19.6. The number of carbonyl (C=O) groups excluding carboxylic acids is 2. The lowest BCUT2D eigenvalue weighted by Crippen LogP contribution is -2.42. The maximum atomic E-state index is 12.6. The standard InChI is InChI=1S/C25H23F3N2O4/c26-25(27,28)19-6-1-15(2-7-19)3-8-22(31)29-13-23(32)30-10-9-16-11-17(4-5-18(16)14-30)20-12-21(20)24(33)34/h1-8,11,20-21H,9-10,12-14H2,(H,29,31)(H,33,34)/b8-3+/t20-,21+/m0/s1. The van der Waals surface area contributed by atoms with Crippen LogP contribution in [0.5, 0.6) is 0 Å². The Morgan fingerprint density at radius 3 is 2.47 bits per heavy atom. The van der Waals surface area contributed by atoms with Crippen molar-refractivity contribution >= 4 is 23.9 Å². The molecule has 2 atom stereocenters. The Balaban J connectivity index is 1.26. The topological polar surface area (TPSA) is 86.7 Å². The Labute approximate surface area is 194 Å². The number of carbonyl (C=O) groups is 3. The van der Waals surface area contributed by atoms with Gasteiger partial charge in [0.2, 0.25) is 11.8 Å². The Hall–Kier alpha value is -3.62. The lowest BCUT2D eigenvalue weighted by Gasteiger charge is -2.29. The van der Waals surface area contributed by atoms with Crippen molar-refractivity contribution in [2.24, 2.45) is 5.92 Å². The van der Waals surface area contributed by atoms with E-state index in [2.05, 4.69) is 5.32 Å². The number of rotatable bonds is 6. The third-order valence-electron chi connectivity index (χ3n) is 6.21. The number of aliphatic carboxylic acids is 1. The molecule has 1 heterocycles. The van der Waals surface area contributed by atoms with Gasteiger partial charge >= 0.3 is 12.1 Å². The first-order chi connectivity index (χ1) is 16.1. The first kappa shape index (κ1) is 23.5. The summed E-state index contributed by atoms with van der Waals surface area (Å²) in [5, 5.41) is 11.6. The van der Waals surface area contributed by atoms with Crippen molar-refractivity contribution in [3.05, 3.63) is 76.4 Å².